The number of hydrogen-bond donors (Lipinski definition) is 1. The van der Waals surface area contributed by atoms with E-state index in [1.54, 1.807) is 35.0 Å². The molecule has 0 spiro atoms. The molecule has 1 aromatic heterocycles. The first kappa shape index (κ1) is 20.5. The maximum Gasteiger partial charge on any atom is 0.248 e. The minimum Gasteiger partial charge on any atom is -0.322 e. The SMILES string of the molecule is Cc1nn(-c2ccc(F)cc2)c(C)c1/C=C/C(=O)Nc1cccc(S(C)(=O)=O)c1. The van der Waals surface area contributed by atoms with E-state index in [0.717, 1.165) is 23.2 Å². The van der Waals surface area contributed by atoms with Crippen LogP contribution in [0.2, 0.25) is 0 Å². The van der Waals surface area contributed by atoms with Gasteiger partial charge in [-0.1, -0.05) is 6.07 Å². The summed E-state index contributed by atoms with van der Waals surface area (Å²) in [6.45, 7) is 3.68. The summed E-state index contributed by atoms with van der Waals surface area (Å²) in [6, 6.07) is 12.0. The van der Waals surface area contributed by atoms with E-state index >= 15 is 0 Å². The first-order chi connectivity index (χ1) is 13.6. The van der Waals surface area contributed by atoms with E-state index in [4.69, 9.17) is 0 Å². The molecular weight excluding hydrogens is 393 g/mol. The largest absolute Gasteiger partial charge is 0.322 e. The van der Waals surface area contributed by atoms with Gasteiger partial charge in [0.15, 0.2) is 9.84 Å². The molecule has 0 saturated carbocycles. The van der Waals surface area contributed by atoms with Crippen LogP contribution in [0.1, 0.15) is 17.0 Å². The van der Waals surface area contributed by atoms with Gasteiger partial charge in [-0.05, 0) is 62.4 Å². The Labute approximate surface area is 168 Å². The number of rotatable bonds is 5. The molecule has 0 atom stereocenters. The molecule has 3 rings (SSSR count). The lowest BCUT2D eigenvalue weighted by atomic mass is 10.2. The normalized spacial score (nSPS) is 11.7. The second-order valence-corrected chi connectivity index (χ2v) is 8.61. The van der Waals surface area contributed by atoms with Crippen LogP contribution >= 0.6 is 0 Å². The van der Waals surface area contributed by atoms with Gasteiger partial charge in [0.1, 0.15) is 5.82 Å². The van der Waals surface area contributed by atoms with E-state index in [-0.39, 0.29) is 10.7 Å². The lowest BCUT2D eigenvalue weighted by molar-refractivity contribution is -0.111. The Kier molecular flexibility index (Phi) is 5.65. The van der Waals surface area contributed by atoms with Crippen molar-refractivity contribution in [1.29, 1.82) is 0 Å². The zero-order valence-corrected chi connectivity index (χ0v) is 17.0. The molecule has 0 radical (unpaired) electrons. The Bertz CT molecular complexity index is 1200. The number of nitrogens with zero attached hydrogens (tertiary/aromatic N) is 2. The molecule has 150 valence electrons. The van der Waals surface area contributed by atoms with Crippen LogP contribution in [0.5, 0.6) is 0 Å². The molecule has 0 saturated heterocycles. The zero-order chi connectivity index (χ0) is 21.2. The van der Waals surface area contributed by atoms with Crippen LogP contribution < -0.4 is 5.32 Å². The molecule has 0 aliphatic rings. The van der Waals surface area contributed by atoms with E-state index in [1.807, 2.05) is 13.8 Å². The van der Waals surface area contributed by atoms with Gasteiger partial charge in [-0.3, -0.25) is 4.79 Å². The average molecular weight is 413 g/mol. The van der Waals surface area contributed by atoms with Crippen molar-refractivity contribution >= 4 is 27.5 Å². The van der Waals surface area contributed by atoms with Gasteiger partial charge >= 0.3 is 0 Å². The van der Waals surface area contributed by atoms with Crippen LogP contribution in [0.15, 0.2) is 59.5 Å². The summed E-state index contributed by atoms with van der Waals surface area (Å²) in [5, 5.41) is 7.10. The molecule has 0 fully saturated rings. The number of benzene rings is 2. The number of hydrogen-bond acceptors (Lipinski definition) is 4. The van der Waals surface area contributed by atoms with Crippen LogP contribution in [0, 0.1) is 19.7 Å². The highest BCUT2D eigenvalue weighted by Gasteiger charge is 2.12. The fourth-order valence-corrected chi connectivity index (χ4v) is 3.54. The van der Waals surface area contributed by atoms with E-state index in [1.165, 1.54) is 30.3 Å². The average Bonchev–Trinajstić information content (AvgIpc) is 2.94. The second kappa shape index (κ2) is 8.00. The number of carbonyl (C=O) groups excluding carboxylic acids is 1. The molecule has 1 N–H and O–H groups in total. The van der Waals surface area contributed by atoms with Crippen molar-refractivity contribution in [3.63, 3.8) is 0 Å². The van der Waals surface area contributed by atoms with Gasteiger partial charge in [0.05, 0.1) is 16.3 Å². The summed E-state index contributed by atoms with van der Waals surface area (Å²) in [4.78, 5) is 12.4. The molecule has 1 heterocycles. The maximum absolute atomic E-state index is 13.1. The number of sulfone groups is 1. The quantitative estimate of drug-likeness (QED) is 0.647. The molecule has 6 nitrogen and oxygen atoms in total. The number of aryl methyl sites for hydroxylation is 1. The highest BCUT2D eigenvalue weighted by molar-refractivity contribution is 7.90. The summed E-state index contributed by atoms with van der Waals surface area (Å²) >= 11 is 0. The number of anilines is 1. The fraction of sp³-hybridized carbons (Fsp3) is 0.143. The monoisotopic (exact) mass is 413 g/mol. The third kappa shape index (κ3) is 4.78. The predicted molar refractivity (Wildman–Crippen MR) is 110 cm³/mol. The Morgan fingerprint density at radius 3 is 2.48 bits per heavy atom. The molecule has 8 heteroatoms. The highest BCUT2D eigenvalue weighted by atomic mass is 32.2. The Morgan fingerprint density at radius 1 is 1.14 bits per heavy atom. The lowest BCUT2D eigenvalue weighted by Gasteiger charge is -2.05. The van der Waals surface area contributed by atoms with Crippen LogP contribution in [-0.2, 0) is 14.6 Å². The van der Waals surface area contributed by atoms with Crippen molar-refractivity contribution in [3.8, 4) is 5.69 Å². The van der Waals surface area contributed by atoms with Gasteiger partial charge in [0, 0.05) is 29.3 Å². The molecule has 1 amide bonds. The minimum atomic E-state index is -3.36. The number of halogens is 1. The topological polar surface area (TPSA) is 81.1 Å². The summed E-state index contributed by atoms with van der Waals surface area (Å²) in [5.74, 6) is -0.726. The van der Waals surface area contributed by atoms with E-state index in [2.05, 4.69) is 10.4 Å². The predicted octanol–water partition coefficient (Wildman–Crippen LogP) is 3.68. The van der Waals surface area contributed by atoms with Gasteiger partial charge in [0.25, 0.3) is 0 Å². The van der Waals surface area contributed by atoms with Crippen LogP contribution in [0.3, 0.4) is 0 Å². The molecule has 2 aromatic carbocycles. The summed E-state index contributed by atoms with van der Waals surface area (Å²) in [5.41, 5.74) is 3.40. The third-order valence-corrected chi connectivity index (χ3v) is 5.46. The van der Waals surface area contributed by atoms with Crippen molar-refractivity contribution in [2.45, 2.75) is 18.7 Å². The van der Waals surface area contributed by atoms with E-state index < -0.39 is 15.7 Å². The zero-order valence-electron chi connectivity index (χ0n) is 16.2. The van der Waals surface area contributed by atoms with Crippen molar-refractivity contribution in [3.05, 3.63) is 77.4 Å². The van der Waals surface area contributed by atoms with Crippen LogP contribution in [0.4, 0.5) is 10.1 Å². The maximum atomic E-state index is 13.1. The van der Waals surface area contributed by atoms with Crippen molar-refractivity contribution < 1.29 is 17.6 Å². The summed E-state index contributed by atoms with van der Waals surface area (Å²) in [7, 11) is -3.36. The van der Waals surface area contributed by atoms with Gasteiger partial charge in [-0.2, -0.15) is 5.10 Å². The molecule has 0 aliphatic heterocycles. The highest BCUT2D eigenvalue weighted by Crippen LogP contribution is 2.20. The number of aromatic nitrogens is 2. The van der Waals surface area contributed by atoms with Crippen molar-refractivity contribution in [2.24, 2.45) is 0 Å². The fourth-order valence-electron chi connectivity index (χ4n) is 2.88. The van der Waals surface area contributed by atoms with Gasteiger partial charge < -0.3 is 5.32 Å². The minimum absolute atomic E-state index is 0.131. The van der Waals surface area contributed by atoms with Crippen LogP contribution in [-0.4, -0.2) is 30.4 Å². The standard InChI is InChI=1S/C21H20FN3O3S/c1-14-20(15(2)25(24-14)18-9-7-16(22)8-10-18)11-12-21(26)23-17-5-4-6-19(13-17)29(3,27)28/h4-13H,1-3H3,(H,23,26)/b12-11+. The number of nitrogens with one attached hydrogen (secondary N) is 1. The molecule has 3 aromatic rings. The Hall–Kier alpha value is -3.26. The number of carbonyl (C=O) groups is 1. The first-order valence-corrected chi connectivity index (χ1v) is 10.7. The molecule has 0 unspecified atom stereocenters. The van der Waals surface area contributed by atoms with E-state index in [9.17, 15) is 17.6 Å². The van der Waals surface area contributed by atoms with Gasteiger partial charge in [-0.25, -0.2) is 17.5 Å². The van der Waals surface area contributed by atoms with Gasteiger partial charge in [0.2, 0.25) is 5.91 Å². The smallest absolute Gasteiger partial charge is 0.248 e. The second-order valence-electron chi connectivity index (χ2n) is 6.60. The molecular formula is C21H20FN3O3S. The Morgan fingerprint density at radius 2 is 1.83 bits per heavy atom. The number of amides is 1. The lowest BCUT2D eigenvalue weighted by Crippen LogP contribution is -2.08. The van der Waals surface area contributed by atoms with E-state index in [0.29, 0.717) is 11.4 Å². The first-order valence-electron chi connectivity index (χ1n) is 8.76. The van der Waals surface area contributed by atoms with Crippen molar-refractivity contribution in [1.82, 2.24) is 9.78 Å². The third-order valence-electron chi connectivity index (χ3n) is 4.35. The summed E-state index contributed by atoms with van der Waals surface area (Å²) < 4.78 is 38.1. The molecule has 29 heavy (non-hydrogen) atoms. The molecule has 0 aliphatic carbocycles. The van der Waals surface area contributed by atoms with Crippen molar-refractivity contribution in [2.75, 3.05) is 11.6 Å². The van der Waals surface area contributed by atoms with Gasteiger partial charge in [-0.15, -0.1) is 0 Å². The molecule has 0 bridgehead atoms. The van der Waals surface area contributed by atoms with Crippen LogP contribution in [0.25, 0.3) is 11.8 Å². The Balaban J connectivity index is 1.80. The summed E-state index contributed by atoms with van der Waals surface area (Å²) in [6.07, 6.45) is 4.12.